The van der Waals surface area contributed by atoms with Crippen LogP contribution in [0.3, 0.4) is 0 Å². The second-order valence-corrected chi connectivity index (χ2v) is 11.4. The van der Waals surface area contributed by atoms with Crippen LogP contribution in [0.4, 0.5) is 0 Å². The molecule has 6 rings (SSSR count). The lowest BCUT2D eigenvalue weighted by Crippen LogP contribution is -2.40. The quantitative estimate of drug-likeness (QED) is 0.171. The molecule has 0 N–H and O–H groups in total. The molecule has 9 nitrogen and oxygen atoms in total. The summed E-state index contributed by atoms with van der Waals surface area (Å²) in [6.07, 6.45) is 1.75. The molecular formula is C36H30N2O7S. The summed E-state index contributed by atoms with van der Waals surface area (Å²) in [7, 11) is 3.12. The summed E-state index contributed by atoms with van der Waals surface area (Å²) >= 11 is 1.23. The van der Waals surface area contributed by atoms with Crippen LogP contribution < -0.4 is 29.1 Å². The van der Waals surface area contributed by atoms with Gasteiger partial charge in [-0.1, -0.05) is 53.8 Å². The van der Waals surface area contributed by atoms with Crippen LogP contribution in [0.25, 0.3) is 16.8 Å². The molecule has 0 saturated carbocycles. The molecule has 0 saturated heterocycles. The van der Waals surface area contributed by atoms with Gasteiger partial charge in [-0.3, -0.25) is 9.36 Å². The van der Waals surface area contributed by atoms with Crippen LogP contribution in [-0.4, -0.2) is 37.3 Å². The van der Waals surface area contributed by atoms with Crippen molar-refractivity contribution in [3.63, 3.8) is 0 Å². The lowest BCUT2D eigenvalue weighted by molar-refractivity contribution is -0.139. The summed E-state index contributed by atoms with van der Waals surface area (Å²) in [5, 5.41) is 1.78. The van der Waals surface area contributed by atoms with Crippen molar-refractivity contribution in [1.29, 1.82) is 0 Å². The van der Waals surface area contributed by atoms with Crippen LogP contribution >= 0.6 is 11.3 Å². The first kappa shape index (κ1) is 30.5. The second kappa shape index (κ2) is 12.9. The number of carbonyl (C=O) groups is 2. The molecule has 1 aromatic heterocycles. The minimum Gasteiger partial charge on any atom is -0.497 e. The molecule has 232 valence electrons. The standard InChI is InChI=1S/C36H30N2O7S/c1-5-44-35(41)30-21(2)37-36-38(32(30)31-27-9-7-6-8-23(27)14-19-28(31)43-4)33(39)29(46-36)20-22-10-15-26(16-11-22)45-34(40)24-12-17-25(42-3)18-13-24/h6-20,32H,5H2,1-4H3/b29-20-/t32-/m1/s1. The average molecular weight is 635 g/mol. The summed E-state index contributed by atoms with van der Waals surface area (Å²) in [4.78, 5) is 45.3. The van der Waals surface area contributed by atoms with Crippen molar-refractivity contribution in [3.8, 4) is 17.2 Å². The zero-order chi connectivity index (χ0) is 32.4. The number of hydrogen-bond acceptors (Lipinski definition) is 9. The van der Waals surface area contributed by atoms with Crippen LogP contribution in [0, 0.1) is 0 Å². The number of benzene rings is 4. The Morgan fingerprint density at radius 2 is 1.61 bits per heavy atom. The molecule has 1 aliphatic heterocycles. The molecule has 5 aromatic rings. The van der Waals surface area contributed by atoms with Gasteiger partial charge in [0.15, 0.2) is 4.80 Å². The van der Waals surface area contributed by atoms with E-state index in [2.05, 4.69) is 4.99 Å². The van der Waals surface area contributed by atoms with Gasteiger partial charge in [-0.25, -0.2) is 14.6 Å². The number of carbonyl (C=O) groups excluding carboxylic acids is 2. The van der Waals surface area contributed by atoms with Gasteiger partial charge in [0.1, 0.15) is 23.3 Å². The predicted octanol–water partition coefficient (Wildman–Crippen LogP) is 5.19. The van der Waals surface area contributed by atoms with E-state index in [4.69, 9.17) is 18.9 Å². The van der Waals surface area contributed by atoms with E-state index in [1.165, 1.54) is 11.3 Å². The van der Waals surface area contributed by atoms with Crippen molar-refractivity contribution >= 4 is 40.1 Å². The summed E-state index contributed by atoms with van der Waals surface area (Å²) in [5.74, 6) is 0.492. The van der Waals surface area contributed by atoms with Crippen molar-refractivity contribution < 1.29 is 28.5 Å². The van der Waals surface area contributed by atoms with E-state index in [9.17, 15) is 14.4 Å². The Morgan fingerprint density at radius 1 is 0.891 bits per heavy atom. The number of methoxy groups -OCH3 is 2. The van der Waals surface area contributed by atoms with Gasteiger partial charge in [-0.2, -0.15) is 0 Å². The fraction of sp³-hybridized carbons (Fsp3) is 0.167. The van der Waals surface area contributed by atoms with Crippen LogP contribution in [0.2, 0.25) is 0 Å². The Kier molecular flexibility index (Phi) is 8.54. The van der Waals surface area contributed by atoms with E-state index in [0.717, 1.165) is 16.3 Å². The van der Waals surface area contributed by atoms with Crippen molar-refractivity contribution in [1.82, 2.24) is 4.57 Å². The summed E-state index contributed by atoms with van der Waals surface area (Å²) in [6.45, 7) is 3.66. The summed E-state index contributed by atoms with van der Waals surface area (Å²) < 4.78 is 23.9. The normalized spacial score (nSPS) is 14.4. The van der Waals surface area contributed by atoms with Gasteiger partial charge in [-0.15, -0.1) is 0 Å². The monoisotopic (exact) mass is 634 g/mol. The van der Waals surface area contributed by atoms with E-state index in [-0.39, 0.29) is 17.7 Å². The molecule has 46 heavy (non-hydrogen) atoms. The molecule has 1 atom stereocenters. The number of nitrogens with zero attached hydrogens (tertiary/aromatic N) is 2. The zero-order valence-electron chi connectivity index (χ0n) is 25.6. The third kappa shape index (κ3) is 5.70. The third-order valence-corrected chi connectivity index (χ3v) is 8.64. The highest BCUT2D eigenvalue weighted by molar-refractivity contribution is 7.07. The smallest absolute Gasteiger partial charge is 0.343 e. The molecule has 0 bridgehead atoms. The Bertz CT molecular complexity index is 2180. The Hall–Kier alpha value is -5.48. The number of rotatable bonds is 8. The van der Waals surface area contributed by atoms with Crippen molar-refractivity contribution in [3.05, 3.63) is 133 Å². The van der Waals surface area contributed by atoms with E-state index in [0.29, 0.717) is 43.4 Å². The maximum absolute atomic E-state index is 14.2. The minimum atomic E-state index is -0.835. The molecule has 10 heteroatoms. The number of aromatic nitrogens is 1. The molecule has 4 aromatic carbocycles. The van der Waals surface area contributed by atoms with E-state index in [1.807, 2.05) is 36.4 Å². The number of esters is 2. The van der Waals surface area contributed by atoms with Gasteiger partial charge < -0.3 is 18.9 Å². The van der Waals surface area contributed by atoms with Gasteiger partial charge in [0.05, 0.1) is 42.2 Å². The van der Waals surface area contributed by atoms with Gasteiger partial charge in [0.25, 0.3) is 5.56 Å². The Labute approximate surface area is 268 Å². The predicted molar refractivity (Wildman–Crippen MR) is 175 cm³/mol. The number of fused-ring (bicyclic) bond motifs is 2. The average Bonchev–Trinajstić information content (AvgIpc) is 3.38. The molecule has 0 aliphatic carbocycles. The topological polar surface area (TPSA) is 105 Å². The molecule has 0 spiro atoms. The molecule has 2 heterocycles. The maximum Gasteiger partial charge on any atom is 0.343 e. The van der Waals surface area contributed by atoms with E-state index in [1.54, 1.807) is 87.2 Å². The van der Waals surface area contributed by atoms with Gasteiger partial charge in [-0.05, 0) is 78.7 Å². The first-order valence-electron chi connectivity index (χ1n) is 14.5. The lowest BCUT2D eigenvalue weighted by Gasteiger charge is -2.27. The van der Waals surface area contributed by atoms with Gasteiger partial charge in [0, 0.05) is 5.56 Å². The molecule has 0 fully saturated rings. The zero-order valence-corrected chi connectivity index (χ0v) is 26.4. The van der Waals surface area contributed by atoms with Crippen molar-refractivity contribution in [2.24, 2.45) is 4.99 Å². The fourth-order valence-corrected chi connectivity index (χ4v) is 6.52. The van der Waals surface area contributed by atoms with Crippen LogP contribution in [-0.2, 0) is 9.53 Å². The van der Waals surface area contributed by atoms with Crippen LogP contribution in [0.5, 0.6) is 17.2 Å². The van der Waals surface area contributed by atoms with Crippen molar-refractivity contribution in [2.45, 2.75) is 19.9 Å². The molecule has 0 radical (unpaired) electrons. The molecule has 0 unspecified atom stereocenters. The highest BCUT2D eigenvalue weighted by Gasteiger charge is 2.36. The summed E-state index contributed by atoms with van der Waals surface area (Å²) in [6, 6.07) is 24.2. The SMILES string of the molecule is CCOC(=O)C1=C(C)N=c2s/c(=C\c3ccc(OC(=O)c4ccc(OC)cc4)cc3)c(=O)n2[C@H]1c1c(OC)ccc2ccccc12. The highest BCUT2D eigenvalue weighted by atomic mass is 32.1. The third-order valence-electron chi connectivity index (χ3n) is 7.66. The largest absolute Gasteiger partial charge is 0.497 e. The van der Waals surface area contributed by atoms with Crippen molar-refractivity contribution in [2.75, 3.05) is 20.8 Å². The molecule has 1 aliphatic rings. The lowest BCUT2D eigenvalue weighted by atomic mass is 9.90. The number of hydrogen-bond donors (Lipinski definition) is 0. The highest BCUT2D eigenvalue weighted by Crippen LogP contribution is 2.40. The summed E-state index contributed by atoms with van der Waals surface area (Å²) in [5.41, 5.74) is 2.21. The van der Waals surface area contributed by atoms with Crippen LogP contribution in [0.15, 0.2) is 106 Å². The van der Waals surface area contributed by atoms with E-state index >= 15 is 0 Å². The Morgan fingerprint density at radius 3 is 2.30 bits per heavy atom. The maximum atomic E-state index is 14.2. The molecular weight excluding hydrogens is 604 g/mol. The number of allylic oxidation sites excluding steroid dienone is 1. The van der Waals surface area contributed by atoms with Gasteiger partial charge >= 0.3 is 11.9 Å². The molecule has 0 amide bonds. The fourth-order valence-electron chi connectivity index (χ4n) is 5.48. The first-order valence-corrected chi connectivity index (χ1v) is 15.4. The minimum absolute atomic E-state index is 0.171. The van der Waals surface area contributed by atoms with Gasteiger partial charge in [0.2, 0.25) is 0 Å². The Balaban J connectivity index is 1.42. The number of thiazole rings is 1. The second-order valence-electron chi connectivity index (χ2n) is 10.4. The van der Waals surface area contributed by atoms with Crippen LogP contribution in [0.1, 0.15) is 41.4 Å². The van der Waals surface area contributed by atoms with E-state index < -0.39 is 18.0 Å². The first-order chi connectivity index (χ1) is 22.3. The number of ether oxygens (including phenoxy) is 4.